The molecule has 1 atom stereocenters. The number of fused-ring (bicyclic) bond motifs is 4. The number of nitriles is 1. The first-order valence-corrected chi connectivity index (χ1v) is 10.5. The maximum absolute atomic E-state index is 12.5. The van der Waals surface area contributed by atoms with Gasteiger partial charge in [-0.3, -0.25) is 9.78 Å². The summed E-state index contributed by atoms with van der Waals surface area (Å²) in [5.74, 6) is -0.191. The zero-order valence-electron chi connectivity index (χ0n) is 17.8. The second-order valence-corrected chi connectivity index (χ2v) is 7.56. The quantitative estimate of drug-likeness (QED) is 0.568. The monoisotopic (exact) mass is 438 g/mol. The van der Waals surface area contributed by atoms with E-state index in [2.05, 4.69) is 21.7 Å². The van der Waals surface area contributed by atoms with Gasteiger partial charge in [0.1, 0.15) is 6.61 Å². The van der Waals surface area contributed by atoms with E-state index >= 15 is 0 Å². The Bertz CT molecular complexity index is 1230. The number of nitrogens with one attached hydrogen (secondary N) is 2. The highest BCUT2D eigenvalue weighted by molar-refractivity contribution is 5.96. The maximum Gasteiger partial charge on any atom is 0.408 e. The lowest BCUT2D eigenvalue weighted by molar-refractivity contribution is -0.115. The van der Waals surface area contributed by atoms with Crippen molar-refractivity contribution >= 4 is 17.7 Å². The SMILES string of the molecule is N#Cc1ccc2c(c1)NC(=O)C/C=C/C[C@H](NC(=O)OCc1ccccc1)c1cc-2ccn1. The van der Waals surface area contributed by atoms with Crippen molar-refractivity contribution in [2.45, 2.75) is 25.5 Å². The van der Waals surface area contributed by atoms with Gasteiger partial charge in [0.2, 0.25) is 5.91 Å². The topological polar surface area (TPSA) is 104 Å². The van der Waals surface area contributed by atoms with Gasteiger partial charge < -0.3 is 15.4 Å². The highest BCUT2D eigenvalue weighted by Gasteiger charge is 2.18. The second kappa shape index (κ2) is 10.2. The van der Waals surface area contributed by atoms with Gasteiger partial charge in [-0.1, -0.05) is 48.6 Å². The molecule has 2 heterocycles. The normalized spacial score (nSPS) is 16.1. The number of carbonyl (C=O) groups excluding carboxylic acids is 2. The Labute approximate surface area is 191 Å². The van der Waals surface area contributed by atoms with Gasteiger partial charge in [-0.15, -0.1) is 0 Å². The number of carbonyl (C=O) groups is 2. The van der Waals surface area contributed by atoms with Crippen molar-refractivity contribution in [1.82, 2.24) is 10.3 Å². The lowest BCUT2D eigenvalue weighted by atomic mass is 9.99. The van der Waals surface area contributed by atoms with Gasteiger partial charge in [-0.2, -0.15) is 5.26 Å². The minimum absolute atomic E-state index is 0.164. The van der Waals surface area contributed by atoms with Crippen LogP contribution >= 0.6 is 0 Å². The number of ether oxygens (including phenoxy) is 1. The first kappa shape index (κ1) is 21.8. The summed E-state index contributed by atoms with van der Waals surface area (Å²) in [5, 5.41) is 15.0. The second-order valence-electron chi connectivity index (χ2n) is 7.56. The number of alkyl carbamates (subject to hydrolysis) is 1. The van der Waals surface area contributed by atoms with Gasteiger partial charge >= 0.3 is 6.09 Å². The molecule has 164 valence electrons. The molecule has 0 radical (unpaired) electrons. The molecule has 0 saturated heterocycles. The molecular weight excluding hydrogens is 416 g/mol. The van der Waals surface area contributed by atoms with Crippen LogP contribution in [0.15, 0.2) is 79.0 Å². The summed E-state index contributed by atoms with van der Waals surface area (Å²) < 4.78 is 5.38. The van der Waals surface area contributed by atoms with Crippen LogP contribution < -0.4 is 10.6 Å². The molecule has 0 unspecified atom stereocenters. The summed E-state index contributed by atoms with van der Waals surface area (Å²) in [6.07, 6.45) is 5.32. The first-order valence-electron chi connectivity index (χ1n) is 10.5. The molecule has 0 spiro atoms. The number of nitrogens with zero attached hydrogens (tertiary/aromatic N) is 2. The number of rotatable bonds is 3. The zero-order valence-corrected chi connectivity index (χ0v) is 17.8. The van der Waals surface area contributed by atoms with Crippen LogP contribution in [-0.4, -0.2) is 17.0 Å². The van der Waals surface area contributed by atoms with Gasteiger partial charge in [-0.25, -0.2) is 4.79 Å². The summed E-state index contributed by atoms with van der Waals surface area (Å²) >= 11 is 0. The predicted octanol–water partition coefficient (Wildman–Crippen LogP) is 4.88. The van der Waals surface area contributed by atoms with E-state index in [-0.39, 0.29) is 18.9 Å². The van der Waals surface area contributed by atoms with Crippen molar-refractivity contribution < 1.29 is 14.3 Å². The Morgan fingerprint density at radius 2 is 2.00 bits per heavy atom. The Morgan fingerprint density at radius 3 is 2.82 bits per heavy atom. The van der Waals surface area contributed by atoms with Gasteiger partial charge in [0.05, 0.1) is 23.4 Å². The fourth-order valence-electron chi connectivity index (χ4n) is 3.56. The van der Waals surface area contributed by atoms with Crippen LogP contribution in [0.2, 0.25) is 0 Å². The summed E-state index contributed by atoms with van der Waals surface area (Å²) in [4.78, 5) is 29.4. The van der Waals surface area contributed by atoms with Crippen molar-refractivity contribution in [1.29, 1.82) is 5.26 Å². The fourth-order valence-corrected chi connectivity index (χ4v) is 3.56. The molecule has 1 aliphatic heterocycles. The lowest BCUT2D eigenvalue weighted by Crippen LogP contribution is -2.29. The molecular formula is C26H22N4O3. The van der Waals surface area contributed by atoms with Crippen LogP contribution in [0.3, 0.4) is 0 Å². The minimum atomic E-state index is -0.548. The number of pyridine rings is 1. The number of hydrogen-bond donors (Lipinski definition) is 2. The third-order valence-corrected chi connectivity index (χ3v) is 5.22. The molecule has 0 aliphatic carbocycles. The molecule has 2 bridgehead atoms. The molecule has 4 rings (SSSR count). The van der Waals surface area contributed by atoms with Crippen LogP contribution in [0.1, 0.15) is 35.7 Å². The lowest BCUT2D eigenvalue weighted by Gasteiger charge is -2.19. The summed E-state index contributed by atoms with van der Waals surface area (Å²) in [6.45, 7) is 0.164. The highest BCUT2D eigenvalue weighted by Crippen LogP contribution is 2.31. The van der Waals surface area contributed by atoms with Gasteiger partial charge in [0.25, 0.3) is 0 Å². The van der Waals surface area contributed by atoms with Crippen LogP contribution in [0.4, 0.5) is 10.5 Å². The van der Waals surface area contributed by atoms with Gasteiger partial charge in [0, 0.05) is 23.9 Å². The van der Waals surface area contributed by atoms with Crippen molar-refractivity contribution in [2.24, 2.45) is 0 Å². The van der Waals surface area contributed by atoms with E-state index in [0.29, 0.717) is 23.4 Å². The van der Waals surface area contributed by atoms with Crippen LogP contribution in [0.25, 0.3) is 11.1 Å². The summed E-state index contributed by atoms with van der Waals surface area (Å²) in [6, 6.07) is 20.0. The van der Waals surface area contributed by atoms with Crippen LogP contribution in [0, 0.1) is 11.3 Å². The van der Waals surface area contributed by atoms with E-state index in [9.17, 15) is 14.9 Å². The van der Waals surface area contributed by atoms with Crippen LogP contribution in [-0.2, 0) is 16.1 Å². The third kappa shape index (κ3) is 5.63. The van der Waals surface area contributed by atoms with E-state index < -0.39 is 12.1 Å². The minimum Gasteiger partial charge on any atom is -0.445 e. The van der Waals surface area contributed by atoms with Crippen molar-refractivity contribution in [3.8, 4) is 17.2 Å². The number of aromatic nitrogens is 1. The van der Waals surface area contributed by atoms with Crippen molar-refractivity contribution in [3.63, 3.8) is 0 Å². The van der Waals surface area contributed by atoms with Crippen molar-refractivity contribution in [3.05, 3.63) is 95.8 Å². The maximum atomic E-state index is 12.5. The van der Waals surface area contributed by atoms with E-state index in [0.717, 1.165) is 16.7 Å². The van der Waals surface area contributed by atoms with E-state index in [1.807, 2.05) is 48.5 Å². The van der Waals surface area contributed by atoms with E-state index in [1.165, 1.54) is 0 Å². The largest absolute Gasteiger partial charge is 0.445 e. The smallest absolute Gasteiger partial charge is 0.408 e. The average molecular weight is 438 g/mol. The zero-order chi connectivity index (χ0) is 23.0. The third-order valence-electron chi connectivity index (χ3n) is 5.22. The standard InChI is InChI=1S/C26H22N4O3/c27-16-19-10-11-21-20-12-13-28-24(15-20)22(8-4-5-9-25(31)29-23(21)14-19)30-26(32)33-17-18-6-2-1-3-7-18/h1-7,10-15,22H,8-9,17H2,(H,29,31)(H,30,32)/b5-4+/t22-/m0/s1. The molecule has 2 aromatic carbocycles. The molecule has 2 N–H and O–H groups in total. The number of benzene rings is 2. The Hall–Kier alpha value is -4.44. The molecule has 2 amide bonds. The van der Waals surface area contributed by atoms with E-state index in [4.69, 9.17) is 4.74 Å². The predicted molar refractivity (Wildman–Crippen MR) is 124 cm³/mol. The number of anilines is 1. The molecule has 1 aromatic heterocycles. The molecule has 33 heavy (non-hydrogen) atoms. The highest BCUT2D eigenvalue weighted by atomic mass is 16.5. The number of amides is 2. The summed E-state index contributed by atoms with van der Waals surface area (Å²) in [7, 11) is 0. The Morgan fingerprint density at radius 1 is 1.15 bits per heavy atom. The van der Waals surface area contributed by atoms with Gasteiger partial charge in [0.15, 0.2) is 0 Å². The number of hydrogen-bond acceptors (Lipinski definition) is 5. The summed E-state index contributed by atoms with van der Waals surface area (Å²) in [5.41, 5.74) is 4.14. The van der Waals surface area contributed by atoms with Crippen molar-refractivity contribution in [2.75, 3.05) is 5.32 Å². The molecule has 0 saturated carbocycles. The Balaban J connectivity index is 1.61. The molecule has 0 fully saturated rings. The first-order chi connectivity index (χ1) is 16.1. The molecule has 7 heteroatoms. The van der Waals surface area contributed by atoms with E-state index in [1.54, 1.807) is 30.5 Å². The average Bonchev–Trinajstić information content (AvgIpc) is 2.84. The Kier molecular flexibility index (Phi) is 6.76. The molecule has 1 aliphatic rings. The fraction of sp³-hybridized carbons (Fsp3) is 0.154. The molecule has 7 nitrogen and oxygen atoms in total. The van der Waals surface area contributed by atoms with Gasteiger partial charge in [-0.05, 0) is 41.8 Å². The van der Waals surface area contributed by atoms with Crippen LogP contribution in [0.5, 0.6) is 0 Å². The molecule has 3 aromatic rings.